The van der Waals surface area contributed by atoms with E-state index < -0.39 is 12.1 Å². The van der Waals surface area contributed by atoms with Gasteiger partial charge >= 0.3 is 5.97 Å². The zero-order valence-corrected chi connectivity index (χ0v) is 15.1. The van der Waals surface area contributed by atoms with E-state index in [1.54, 1.807) is 0 Å². The number of carboxylic acid groups (broad SMARTS) is 1. The Labute approximate surface area is 144 Å². The maximum Gasteiger partial charge on any atom is 0.307 e. The van der Waals surface area contributed by atoms with E-state index in [0.29, 0.717) is 18.8 Å². The van der Waals surface area contributed by atoms with Gasteiger partial charge in [0, 0.05) is 6.42 Å². The van der Waals surface area contributed by atoms with E-state index in [2.05, 4.69) is 33.9 Å². The van der Waals surface area contributed by atoms with Crippen LogP contribution in [-0.2, 0) is 9.59 Å². The van der Waals surface area contributed by atoms with Gasteiger partial charge in [-0.1, -0.05) is 33.9 Å². The molecule has 0 amide bonds. The summed E-state index contributed by atoms with van der Waals surface area (Å²) < 4.78 is 0. The van der Waals surface area contributed by atoms with Gasteiger partial charge in [0.1, 0.15) is 0 Å². The molecule has 0 aromatic rings. The molecule has 2 fully saturated rings. The SMILES string of the molecule is C=C(CC(=O)O)C(=O)C[C@@]1(C)[C@H](C)CC[C@@]2(C)C(=C)[C@H](O)CC[C@H]12. The Hall–Kier alpha value is -1.42. The van der Waals surface area contributed by atoms with Crippen LogP contribution in [0.3, 0.4) is 0 Å². The molecule has 2 aliphatic carbocycles. The first-order chi connectivity index (χ1) is 11.0. The number of carbonyl (C=O) groups is 2. The first-order valence-electron chi connectivity index (χ1n) is 8.82. The van der Waals surface area contributed by atoms with E-state index >= 15 is 0 Å². The molecule has 0 spiro atoms. The van der Waals surface area contributed by atoms with Crippen LogP contribution in [0.4, 0.5) is 0 Å². The van der Waals surface area contributed by atoms with Crippen molar-refractivity contribution < 1.29 is 19.8 Å². The highest BCUT2D eigenvalue weighted by molar-refractivity contribution is 5.98. The molecule has 4 heteroatoms. The summed E-state index contributed by atoms with van der Waals surface area (Å²) in [5.74, 6) is -0.534. The third-order valence-corrected chi connectivity index (χ3v) is 6.95. The molecule has 0 aromatic heterocycles. The average Bonchev–Trinajstić information content (AvgIpc) is 2.48. The van der Waals surface area contributed by atoms with E-state index in [1.807, 2.05) is 0 Å². The lowest BCUT2D eigenvalue weighted by Crippen LogP contribution is -2.53. The number of carboxylic acids is 1. The lowest BCUT2D eigenvalue weighted by Gasteiger charge is -2.59. The van der Waals surface area contributed by atoms with E-state index in [-0.39, 0.29) is 34.5 Å². The van der Waals surface area contributed by atoms with Crippen molar-refractivity contribution in [3.63, 3.8) is 0 Å². The average molecular weight is 334 g/mol. The van der Waals surface area contributed by atoms with Crippen LogP contribution in [0.25, 0.3) is 0 Å². The first kappa shape index (κ1) is 18.9. The van der Waals surface area contributed by atoms with Crippen LogP contribution in [-0.4, -0.2) is 28.1 Å². The van der Waals surface area contributed by atoms with Gasteiger partial charge in [0.15, 0.2) is 5.78 Å². The Morgan fingerprint density at radius 3 is 2.46 bits per heavy atom. The predicted molar refractivity (Wildman–Crippen MR) is 93.5 cm³/mol. The highest BCUT2D eigenvalue weighted by atomic mass is 16.4. The zero-order chi connectivity index (χ0) is 18.3. The molecular weight excluding hydrogens is 304 g/mol. The number of Topliss-reactive ketones (excluding diaryl/α,β-unsaturated/α-hetero) is 1. The molecule has 4 nitrogen and oxygen atoms in total. The van der Waals surface area contributed by atoms with E-state index in [4.69, 9.17) is 5.11 Å². The van der Waals surface area contributed by atoms with Crippen molar-refractivity contribution in [2.45, 2.75) is 65.4 Å². The summed E-state index contributed by atoms with van der Waals surface area (Å²) in [5, 5.41) is 19.1. The van der Waals surface area contributed by atoms with Crippen molar-refractivity contribution >= 4 is 11.8 Å². The summed E-state index contributed by atoms with van der Waals surface area (Å²) in [6.07, 6.45) is 3.09. The van der Waals surface area contributed by atoms with Crippen LogP contribution in [0.2, 0.25) is 0 Å². The first-order valence-corrected chi connectivity index (χ1v) is 8.82. The van der Waals surface area contributed by atoms with Gasteiger partial charge in [-0.25, -0.2) is 0 Å². The number of aliphatic hydroxyl groups is 1. The molecule has 2 aliphatic rings. The van der Waals surface area contributed by atoms with Crippen molar-refractivity contribution in [3.05, 3.63) is 24.3 Å². The van der Waals surface area contributed by atoms with Gasteiger partial charge in [-0.3, -0.25) is 9.59 Å². The molecule has 0 radical (unpaired) electrons. The van der Waals surface area contributed by atoms with Gasteiger partial charge in [0.2, 0.25) is 0 Å². The van der Waals surface area contributed by atoms with Crippen LogP contribution < -0.4 is 0 Å². The smallest absolute Gasteiger partial charge is 0.307 e. The Morgan fingerprint density at radius 2 is 1.88 bits per heavy atom. The molecule has 24 heavy (non-hydrogen) atoms. The third-order valence-electron chi connectivity index (χ3n) is 6.95. The normalized spacial score (nSPS) is 39.2. The maximum absolute atomic E-state index is 12.6. The molecule has 2 saturated carbocycles. The lowest BCUT2D eigenvalue weighted by molar-refractivity contribution is -0.137. The van der Waals surface area contributed by atoms with Crippen LogP contribution in [0.5, 0.6) is 0 Å². The van der Waals surface area contributed by atoms with Crippen molar-refractivity contribution in [2.75, 3.05) is 0 Å². The van der Waals surface area contributed by atoms with Crippen molar-refractivity contribution in [1.29, 1.82) is 0 Å². The van der Waals surface area contributed by atoms with Crippen LogP contribution in [0.15, 0.2) is 24.3 Å². The van der Waals surface area contributed by atoms with Gasteiger partial charge in [0.25, 0.3) is 0 Å². The molecule has 5 atom stereocenters. The van der Waals surface area contributed by atoms with Gasteiger partial charge in [-0.2, -0.15) is 0 Å². The van der Waals surface area contributed by atoms with E-state index in [9.17, 15) is 14.7 Å². The molecule has 134 valence electrons. The number of aliphatic carboxylic acids is 1. The minimum atomic E-state index is -1.02. The second-order valence-corrected chi connectivity index (χ2v) is 8.31. The summed E-state index contributed by atoms with van der Waals surface area (Å²) in [6, 6.07) is 0. The maximum atomic E-state index is 12.6. The van der Waals surface area contributed by atoms with Crippen molar-refractivity contribution in [2.24, 2.45) is 22.7 Å². The fourth-order valence-corrected chi connectivity index (χ4v) is 5.05. The fraction of sp³-hybridized carbons (Fsp3) is 0.700. The number of ketones is 1. The summed E-state index contributed by atoms with van der Waals surface area (Å²) in [4.78, 5) is 23.4. The largest absolute Gasteiger partial charge is 0.481 e. The number of fused-ring (bicyclic) bond motifs is 1. The Kier molecular flexibility index (Phi) is 5.10. The molecule has 2 rings (SSSR count). The number of hydrogen-bond donors (Lipinski definition) is 2. The molecule has 0 unspecified atom stereocenters. The van der Waals surface area contributed by atoms with Crippen LogP contribution in [0, 0.1) is 22.7 Å². The molecular formula is C20H30O4. The quantitative estimate of drug-likeness (QED) is 0.593. The summed E-state index contributed by atoms with van der Waals surface area (Å²) >= 11 is 0. The minimum absolute atomic E-state index is 0.146. The summed E-state index contributed by atoms with van der Waals surface area (Å²) in [5.41, 5.74) is 0.689. The van der Waals surface area contributed by atoms with E-state index in [1.165, 1.54) is 0 Å². The van der Waals surface area contributed by atoms with Gasteiger partial charge in [-0.05, 0) is 59.5 Å². The third kappa shape index (κ3) is 3.08. The summed E-state index contributed by atoms with van der Waals surface area (Å²) in [7, 11) is 0. The molecule has 0 heterocycles. The Morgan fingerprint density at radius 1 is 1.25 bits per heavy atom. The number of rotatable bonds is 5. The highest BCUT2D eigenvalue weighted by Gasteiger charge is 2.56. The van der Waals surface area contributed by atoms with Gasteiger partial charge in [0.05, 0.1) is 12.5 Å². The molecule has 0 saturated heterocycles. The van der Waals surface area contributed by atoms with Crippen molar-refractivity contribution in [1.82, 2.24) is 0 Å². The Bertz CT molecular complexity index is 578. The molecule has 0 aromatic carbocycles. The van der Waals surface area contributed by atoms with E-state index in [0.717, 1.165) is 24.8 Å². The highest BCUT2D eigenvalue weighted by Crippen LogP contribution is 2.62. The Balaban J connectivity index is 2.28. The lowest BCUT2D eigenvalue weighted by atomic mass is 9.45. The number of carbonyl (C=O) groups excluding carboxylic acids is 1. The standard InChI is InChI=1S/C20H30O4/c1-12(10-18(23)24)16(22)11-20(5)13(2)8-9-19(4)14(3)15(21)6-7-17(19)20/h13,15,17,21H,1,3,6-11H2,2,4-5H3,(H,23,24)/t13-,15-,17+,19+,20+/m1/s1. The molecule has 2 N–H and O–H groups in total. The number of hydrogen-bond acceptors (Lipinski definition) is 3. The topological polar surface area (TPSA) is 74.6 Å². The monoisotopic (exact) mass is 334 g/mol. The second kappa shape index (κ2) is 6.47. The van der Waals surface area contributed by atoms with Gasteiger partial charge in [-0.15, -0.1) is 0 Å². The van der Waals surface area contributed by atoms with Gasteiger partial charge < -0.3 is 10.2 Å². The number of aliphatic hydroxyl groups excluding tert-OH is 1. The summed E-state index contributed by atoms with van der Waals surface area (Å²) in [6.45, 7) is 14.3. The van der Waals surface area contributed by atoms with Crippen LogP contribution in [0.1, 0.15) is 59.3 Å². The van der Waals surface area contributed by atoms with Crippen LogP contribution >= 0.6 is 0 Å². The van der Waals surface area contributed by atoms with Crippen molar-refractivity contribution in [3.8, 4) is 0 Å². The fourth-order valence-electron chi connectivity index (χ4n) is 5.05. The molecule has 0 bridgehead atoms. The predicted octanol–water partition coefficient (Wildman–Crippen LogP) is 3.75. The minimum Gasteiger partial charge on any atom is -0.481 e. The second-order valence-electron chi connectivity index (χ2n) is 8.31. The zero-order valence-electron chi connectivity index (χ0n) is 15.1. The molecule has 0 aliphatic heterocycles.